The maximum atomic E-state index is 13.4. The molecule has 0 aliphatic carbocycles. The molecule has 24 heavy (non-hydrogen) atoms. The van der Waals surface area contributed by atoms with E-state index >= 15 is 0 Å². The SMILES string of the molecule is C[C@@H](N[C@H](CF)[C@@H](O)c1ccc(S(C)(=O)=O)cc1)c1ccccc1. The van der Waals surface area contributed by atoms with Crippen LogP contribution in [0.3, 0.4) is 0 Å². The minimum absolute atomic E-state index is 0.128. The molecule has 0 aliphatic rings. The first-order chi connectivity index (χ1) is 11.3. The van der Waals surface area contributed by atoms with Crippen LogP contribution in [-0.2, 0) is 9.84 Å². The van der Waals surface area contributed by atoms with Gasteiger partial charge in [0.25, 0.3) is 0 Å². The van der Waals surface area contributed by atoms with E-state index in [1.165, 1.54) is 24.3 Å². The molecular weight excluding hydrogens is 329 g/mol. The third-order valence-corrected chi connectivity index (χ3v) is 5.09. The van der Waals surface area contributed by atoms with Crippen molar-refractivity contribution in [2.75, 3.05) is 12.9 Å². The molecule has 0 heterocycles. The Hall–Kier alpha value is -1.76. The van der Waals surface area contributed by atoms with Gasteiger partial charge in [0, 0.05) is 12.3 Å². The number of hydrogen-bond acceptors (Lipinski definition) is 4. The first kappa shape index (κ1) is 18.6. The lowest BCUT2D eigenvalue weighted by atomic mass is 10.0. The molecule has 0 aliphatic heterocycles. The second-order valence-corrected chi connectivity index (χ2v) is 7.86. The van der Waals surface area contributed by atoms with Crippen molar-refractivity contribution in [3.63, 3.8) is 0 Å². The predicted molar refractivity (Wildman–Crippen MR) is 92.3 cm³/mol. The van der Waals surface area contributed by atoms with E-state index in [1.54, 1.807) is 0 Å². The third kappa shape index (κ3) is 4.63. The lowest BCUT2D eigenvalue weighted by Gasteiger charge is -2.26. The molecule has 2 aromatic rings. The number of aliphatic hydroxyl groups is 1. The average Bonchev–Trinajstić information content (AvgIpc) is 2.59. The molecule has 4 nitrogen and oxygen atoms in total. The molecule has 130 valence electrons. The van der Waals surface area contributed by atoms with Crippen LogP contribution < -0.4 is 5.32 Å². The largest absolute Gasteiger partial charge is 0.387 e. The normalized spacial score (nSPS) is 15.7. The van der Waals surface area contributed by atoms with Crippen molar-refractivity contribution >= 4 is 9.84 Å². The first-order valence-electron chi connectivity index (χ1n) is 7.68. The molecule has 2 aromatic carbocycles. The van der Waals surface area contributed by atoms with Gasteiger partial charge >= 0.3 is 0 Å². The van der Waals surface area contributed by atoms with Gasteiger partial charge in [0.05, 0.1) is 17.0 Å². The van der Waals surface area contributed by atoms with Crippen LogP contribution in [0, 0.1) is 0 Å². The summed E-state index contributed by atoms with van der Waals surface area (Å²) in [5, 5.41) is 13.5. The van der Waals surface area contributed by atoms with Gasteiger partial charge in [0.2, 0.25) is 0 Å². The fraction of sp³-hybridized carbons (Fsp3) is 0.333. The van der Waals surface area contributed by atoms with Crippen molar-refractivity contribution < 1.29 is 17.9 Å². The number of alkyl halides is 1. The quantitative estimate of drug-likeness (QED) is 0.805. The summed E-state index contributed by atoms with van der Waals surface area (Å²) in [5.74, 6) is 0. The summed E-state index contributed by atoms with van der Waals surface area (Å²) < 4.78 is 36.4. The monoisotopic (exact) mass is 351 g/mol. The van der Waals surface area contributed by atoms with Gasteiger partial charge in [-0.3, -0.25) is 0 Å². The van der Waals surface area contributed by atoms with E-state index < -0.39 is 28.7 Å². The highest BCUT2D eigenvalue weighted by Crippen LogP contribution is 2.22. The van der Waals surface area contributed by atoms with E-state index in [2.05, 4.69) is 5.32 Å². The van der Waals surface area contributed by atoms with Crippen molar-refractivity contribution in [1.82, 2.24) is 5.32 Å². The Morgan fingerprint density at radius 2 is 1.62 bits per heavy atom. The topological polar surface area (TPSA) is 66.4 Å². The molecule has 0 saturated carbocycles. The zero-order valence-electron chi connectivity index (χ0n) is 13.7. The Kier molecular flexibility index (Phi) is 6.10. The van der Waals surface area contributed by atoms with Crippen LogP contribution in [0.1, 0.15) is 30.2 Å². The second-order valence-electron chi connectivity index (χ2n) is 5.85. The molecule has 0 amide bonds. The van der Waals surface area contributed by atoms with Crippen molar-refractivity contribution in [2.24, 2.45) is 0 Å². The predicted octanol–water partition coefficient (Wildman–Crippen LogP) is 2.81. The summed E-state index contributed by atoms with van der Waals surface area (Å²) in [4.78, 5) is 0.167. The highest BCUT2D eigenvalue weighted by atomic mass is 32.2. The summed E-state index contributed by atoms with van der Waals surface area (Å²) >= 11 is 0. The lowest BCUT2D eigenvalue weighted by molar-refractivity contribution is 0.107. The first-order valence-corrected chi connectivity index (χ1v) is 9.57. The molecule has 2 rings (SSSR count). The smallest absolute Gasteiger partial charge is 0.175 e. The van der Waals surface area contributed by atoms with Gasteiger partial charge in [0.15, 0.2) is 9.84 Å². The van der Waals surface area contributed by atoms with Crippen LogP contribution in [0.15, 0.2) is 59.5 Å². The van der Waals surface area contributed by atoms with Crippen molar-refractivity contribution in [3.05, 3.63) is 65.7 Å². The van der Waals surface area contributed by atoms with Gasteiger partial charge in [-0.15, -0.1) is 0 Å². The summed E-state index contributed by atoms with van der Waals surface area (Å²) in [6.07, 6.45) is 0.0427. The van der Waals surface area contributed by atoms with E-state index in [0.29, 0.717) is 5.56 Å². The molecule has 6 heteroatoms. The Balaban J connectivity index is 2.12. The molecule has 2 N–H and O–H groups in total. The van der Waals surface area contributed by atoms with Gasteiger partial charge in [0.1, 0.15) is 6.67 Å². The fourth-order valence-electron chi connectivity index (χ4n) is 2.52. The van der Waals surface area contributed by atoms with Gasteiger partial charge in [-0.05, 0) is 30.2 Å². The van der Waals surface area contributed by atoms with Crippen LogP contribution in [0.5, 0.6) is 0 Å². The number of sulfone groups is 1. The maximum Gasteiger partial charge on any atom is 0.175 e. The van der Waals surface area contributed by atoms with E-state index in [1.807, 2.05) is 37.3 Å². The average molecular weight is 351 g/mol. The minimum atomic E-state index is -3.30. The zero-order chi connectivity index (χ0) is 17.7. The Labute approximate surface area is 142 Å². The number of nitrogens with one attached hydrogen (secondary N) is 1. The molecule has 0 aromatic heterocycles. The molecule has 3 atom stereocenters. The highest BCUT2D eigenvalue weighted by Gasteiger charge is 2.23. The summed E-state index contributed by atoms with van der Waals surface area (Å²) in [7, 11) is -3.30. The molecule has 0 unspecified atom stereocenters. The van der Waals surface area contributed by atoms with Gasteiger partial charge in [-0.2, -0.15) is 0 Å². The minimum Gasteiger partial charge on any atom is -0.387 e. The van der Waals surface area contributed by atoms with Gasteiger partial charge in [-0.1, -0.05) is 42.5 Å². The third-order valence-electron chi connectivity index (χ3n) is 3.96. The van der Waals surface area contributed by atoms with Crippen LogP contribution >= 0.6 is 0 Å². The Morgan fingerprint density at radius 3 is 2.12 bits per heavy atom. The molecule has 0 radical (unpaired) electrons. The zero-order valence-corrected chi connectivity index (χ0v) is 14.5. The van der Waals surface area contributed by atoms with E-state index in [9.17, 15) is 17.9 Å². The molecule has 0 spiro atoms. The van der Waals surface area contributed by atoms with Crippen LogP contribution in [-0.4, -0.2) is 32.5 Å². The van der Waals surface area contributed by atoms with E-state index in [4.69, 9.17) is 0 Å². The van der Waals surface area contributed by atoms with Gasteiger partial charge in [-0.25, -0.2) is 12.8 Å². The number of aliphatic hydroxyl groups excluding tert-OH is 1. The number of hydrogen-bond donors (Lipinski definition) is 2. The molecular formula is C18H22FNO3S. The van der Waals surface area contributed by atoms with Crippen LogP contribution in [0.4, 0.5) is 4.39 Å². The van der Waals surface area contributed by atoms with Crippen molar-refractivity contribution in [3.8, 4) is 0 Å². The highest BCUT2D eigenvalue weighted by molar-refractivity contribution is 7.90. The van der Waals surface area contributed by atoms with Gasteiger partial charge < -0.3 is 10.4 Å². The summed E-state index contributed by atoms with van der Waals surface area (Å²) in [6, 6.07) is 14.5. The summed E-state index contributed by atoms with van der Waals surface area (Å²) in [5.41, 5.74) is 1.47. The summed E-state index contributed by atoms with van der Waals surface area (Å²) in [6.45, 7) is 1.16. The van der Waals surface area contributed by atoms with Crippen molar-refractivity contribution in [1.29, 1.82) is 0 Å². The van der Waals surface area contributed by atoms with Crippen molar-refractivity contribution in [2.45, 2.75) is 30.0 Å². The number of benzene rings is 2. The van der Waals surface area contributed by atoms with Crippen LogP contribution in [0.25, 0.3) is 0 Å². The fourth-order valence-corrected chi connectivity index (χ4v) is 3.15. The molecule has 0 fully saturated rings. The lowest BCUT2D eigenvalue weighted by Crippen LogP contribution is -2.38. The van der Waals surface area contributed by atoms with E-state index in [0.717, 1.165) is 11.8 Å². The Morgan fingerprint density at radius 1 is 1.04 bits per heavy atom. The molecule has 0 bridgehead atoms. The van der Waals surface area contributed by atoms with Crippen LogP contribution in [0.2, 0.25) is 0 Å². The number of halogens is 1. The van der Waals surface area contributed by atoms with E-state index in [-0.39, 0.29) is 10.9 Å². The molecule has 0 saturated heterocycles. The number of rotatable bonds is 7. The maximum absolute atomic E-state index is 13.4. The Bertz CT molecular complexity index is 748. The standard InChI is InChI=1S/C18H22FNO3S/c1-13(14-6-4-3-5-7-14)20-17(12-19)18(21)15-8-10-16(11-9-15)24(2,22)23/h3-11,13,17-18,20-21H,12H2,1-2H3/t13-,17-,18+/m1/s1. The second kappa shape index (κ2) is 7.88.